The number of benzene rings is 1. The molecule has 11 heteroatoms. The molecule has 9 nitrogen and oxygen atoms in total. The molecule has 1 spiro atoms. The van der Waals surface area contributed by atoms with Crippen molar-refractivity contribution in [1.29, 1.82) is 5.26 Å². The molecule has 2 aromatic rings. The minimum Gasteiger partial charge on any atom is -0.370 e. The van der Waals surface area contributed by atoms with Gasteiger partial charge in [-0.25, -0.2) is 9.29 Å². The number of nitrogens with one attached hydrogen (secondary N) is 2. The molecule has 1 aromatic carbocycles. The van der Waals surface area contributed by atoms with Gasteiger partial charge >= 0.3 is 0 Å². The third-order valence-corrected chi connectivity index (χ3v) is 8.84. The van der Waals surface area contributed by atoms with Gasteiger partial charge in [0.2, 0.25) is 23.6 Å². The Morgan fingerprint density at radius 1 is 1.26 bits per heavy atom. The van der Waals surface area contributed by atoms with Crippen LogP contribution >= 0.6 is 11.3 Å². The maximum atomic E-state index is 14.3. The van der Waals surface area contributed by atoms with Gasteiger partial charge in [-0.05, 0) is 49.4 Å². The van der Waals surface area contributed by atoms with Crippen LogP contribution in [0.5, 0.6) is 0 Å². The number of imide groups is 1. The number of fused-ring (bicyclic) bond motifs is 5. The van der Waals surface area contributed by atoms with Crippen molar-refractivity contribution in [3.8, 4) is 6.07 Å². The molecule has 0 saturated carbocycles. The van der Waals surface area contributed by atoms with Crippen LogP contribution in [0.25, 0.3) is 0 Å². The maximum Gasteiger partial charge on any atom is 0.250 e. The van der Waals surface area contributed by atoms with Crippen LogP contribution in [-0.4, -0.2) is 29.7 Å². The van der Waals surface area contributed by atoms with Gasteiger partial charge in [-0.3, -0.25) is 24.5 Å². The highest BCUT2D eigenvalue weighted by Crippen LogP contribution is 2.55. The van der Waals surface area contributed by atoms with Gasteiger partial charge < -0.3 is 11.1 Å². The van der Waals surface area contributed by atoms with Gasteiger partial charge in [-0.2, -0.15) is 5.26 Å². The lowest BCUT2D eigenvalue weighted by Gasteiger charge is -2.29. The first-order valence-corrected chi connectivity index (χ1v) is 12.2. The largest absolute Gasteiger partial charge is 0.370 e. The van der Waals surface area contributed by atoms with E-state index < -0.39 is 52.9 Å². The third-order valence-electron chi connectivity index (χ3n) is 7.57. The van der Waals surface area contributed by atoms with Crippen LogP contribution in [0.2, 0.25) is 0 Å². The summed E-state index contributed by atoms with van der Waals surface area (Å²) >= 11 is 1.25. The van der Waals surface area contributed by atoms with E-state index in [4.69, 9.17) is 5.73 Å². The molecule has 0 radical (unpaired) electrons. The van der Waals surface area contributed by atoms with Gasteiger partial charge in [0.15, 0.2) is 0 Å². The Morgan fingerprint density at radius 2 is 2.03 bits per heavy atom. The Balaban J connectivity index is 1.53. The van der Waals surface area contributed by atoms with Crippen molar-refractivity contribution < 1.29 is 23.6 Å². The molecular formula is C24H20FN5O4S. The Kier molecular flexibility index (Phi) is 4.65. The molecule has 4 heterocycles. The topological polar surface area (TPSA) is 145 Å². The summed E-state index contributed by atoms with van der Waals surface area (Å²) in [7, 11) is 0. The summed E-state index contributed by atoms with van der Waals surface area (Å²) < 4.78 is 14.3. The molecule has 1 aliphatic carbocycles. The number of nitriles is 1. The van der Waals surface area contributed by atoms with Crippen molar-refractivity contribution in [2.75, 3.05) is 10.2 Å². The lowest BCUT2D eigenvalue weighted by molar-refractivity contribution is -0.130. The summed E-state index contributed by atoms with van der Waals surface area (Å²) in [6.07, 6.45) is 3.05. The molecule has 0 bridgehead atoms. The highest BCUT2D eigenvalue weighted by Gasteiger charge is 2.71. The first kappa shape index (κ1) is 21.9. The van der Waals surface area contributed by atoms with E-state index >= 15 is 0 Å². The molecule has 4 amide bonds. The van der Waals surface area contributed by atoms with Crippen molar-refractivity contribution in [2.24, 2.45) is 17.6 Å². The number of aryl methyl sites for hydroxylation is 1. The van der Waals surface area contributed by atoms with Crippen LogP contribution in [0.1, 0.15) is 40.8 Å². The smallest absolute Gasteiger partial charge is 0.250 e. The second-order valence-corrected chi connectivity index (χ2v) is 10.5. The number of nitrogens with zero attached hydrogens (tertiary/aromatic N) is 2. The van der Waals surface area contributed by atoms with Gasteiger partial charge in [-0.1, -0.05) is 0 Å². The van der Waals surface area contributed by atoms with Gasteiger partial charge in [-0.15, -0.1) is 11.3 Å². The van der Waals surface area contributed by atoms with Gasteiger partial charge in [0, 0.05) is 28.6 Å². The number of thiophene rings is 1. The number of halogens is 1. The summed E-state index contributed by atoms with van der Waals surface area (Å²) in [5, 5.41) is 15.9. The Morgan fingerprint density at radius 3 is 2.77 bits per heavy atom. The zero-order chi connectivity index (χ0) is 24.6. The van der Waals surface area contributed by atoms with E-state index in [0.29, 0.717) is 17.7 Å². The van der Waals surface area contributed by atoms with Gasteiger partial charge in [0.05, 0.1) is 17.4 Å². The summed E-state index contributed by atoms with van der Waals surface area (Å²) in [6.45, 7) is 0. The maximum absolute atomic E-state index is 14.3. The predicted octanol–water partition coefficient (Wildman–Crippen LogP) is 1.44. The second-order valence-electron chi connectivity index (χ2n) is 9.39. The zero-order valence-corrected chi connectivity index (χ0v) is 19.2. The number of hydrogen-bond acceptors (Lipinski definition) is 7. The molecule has 1 aromatic heterocycles. The van der Waals surface area contributed by atoms with Crippen LogP contribution in [0.3, 0.4) is 0 Å². The van der Waals surface area contributed by atoms with Crippen molar-refractivity contribution in [3.63, 3.8) is 0 Å². The molecular weight excluding hydrogens is 473 g/mol. The van der Waals surface area contributed by atoms with E-state index in [0.717, 1.165) is 40.7 Å². The van der Waals surface area contributed by atoms with Crippen molar-refractivity contribution in [1.82, 2.24) is 5.32 Å². The van der Waals surface area contributed by atoms with Crippen molar-refractivity contribution in [2.45, 2.75) is 43.7 Å². The van der Waals surface area contributed by atoms with Crippen LogP contribution < -0.4 is 21.3 Å². The Bertz CT molecular complexity index is 1400. The molecule has 3 aliphatic heterocycles. The average molecular weight is 494 g/mol. The van der Waals surface area contributed by atoms with E-state index in [2.05, 4.69) is 16.7 Å². The molecule has 2 saturated heterocycles. The number of carbonyl (C=O) groups is 4. The van der Waals surface area contributed by atoms with E-state index in [1.807, 2.05) is 0 Å². The average Bonchev–Trinajstić information content (AvgIpc) is 3.50. The standard InChI is InChI=1S/C24H20FN5O4S/c25-10-5-6-14-13(7-10)24(23(34)28-14)19-18(15(29-24)8-17(27)31)20(32)30(21(19)33)22-12(9-26)11-3-1-2-4-16(11)35-22/h5-7,15,18-19,29H,1-4,8H2,(H2,27,31)(H,28,34)/t15?,18-,19+,24?/m1/s1. The molecule has 4 aliphatic rings. The highest BCUT2D eigenvalue weighted by molar-refractivity contribution is 7.17. The fourth-order valence-corrected chi connectivity index (χ4v) is 7.54. The zero-order valence-electron chi connectivity index (χ0n) is 18.4. The van der Waals surface area contributed by atoms with Crippen LogP contribution in [0, 0.1) is 29.0 Å². The lowest BCUT2D eigenvalue weighted by atomic mass is 9.76. The Hall–Kier alpha value is -3.62. The number of primary amides is 1. The van der Waals surface area contributed by atoms with E-state index in [9.17, 15) is 28.8 Å². The highest BCUT2D eigenvalue weighted by atomic mass is 32.1. The number of carbonyl (C=O) groups excluding carboxylic acids is 4. The molecule has 178 valence electrons. The number of rotatable bonds is 3. The SMILES string of the molecule is N#Cc1c(N2C(=O)[C@@H]3C(CC(N)=O)NC4(C(=O)Nc5ccc(F)cc54)[C@@H]3C2=O)sc2c1CCCC2. The minimum absolute atomic E-state index is 0.207. The predicted molar refractivity (Wildman–Crippen MR) is 123 cm³/mol. The van der Waals surface area contributed by atoms with Crippen molar-refractivity contribution >= 4 is 45.7 Å². The van der Waals surface area contributed by atoms with E-state index in [1.54, 1.807) is 0 Å². The van der Waals surface area contributed by atoms with Gasteiger partial charge in [0.25, 0.3) is 0 Å². The lowest BCUT2D eigenvalue weighted by Crippen LogP contribution is -2.53. The number of nitrogens with two attached hydrogens (primary N) is 1. The minimum atomic E-state index is -1.74. The number of anilines is 2. The van der Waals surface area contributed by atoms with Crippen LogP contribution in [-0.2, 0) is 37.6 Å². The normalized spacial score (nSPS) is 28.6. The molecule has 2 fully saturated rings. The molecule has 4 N–H and O–H groups in total. The van der Waals surface area contributed by atoms with Crippen LogP contribution in [0.15, 0.2) is 18.2 Å². The first-order valence-electron chi connectivity index (χ1n) is 11.4. The molecule has 2 unspecified atom stereocenters. The van der Waals surface area contributed by atoms with E-state index in [1.165, 1.54) is 23.5 Å². The number of amides is 4. The quantitative estimate of drug-likeness (QED) is 0.552. The Labute approximate surface area is 203 Å². The van der Waals surface area contributed by atoms with Gasteiger partial charge in [0.1, 0.15) is 22.4 Å². The molecule has 6 rings (SSSR count). The summed E-state index contributed by atoms with van der Waals surface area (Å²) in [5.74, 6) is -5.48. The second kappa shape index (κ2) is 7.44. The monoisotopic (exact) mass is 493 g/mol. The van der Waals surface area contributed by atoms with E-state index in [-0.39, 0.29) is 17.0 Å². The van der Waals surface area contributed by atoms with Crippen molar-refractivity contribution in [3.05, 3.63) is 45.6 Å². The van der Waals surface area contributed by atoms with Crippen LogP contribution in [0.4, 0.5) is 15.1 Å². The summed E-state index contributed by atoms with van der Waals surface area (Å²) in [5.41, 5.74) is 5.40. The summed E-state index contributed by atoms with van der Waals surface area (Å²) in [6, 6.07) is 5.00. The molecule has 4 atom stereocenters. The fraction of sp³-hybridized carbons (Fsp3) is 0.375. The summed E-state index contributed by atoms with van der Waals surface area (Å²) in [4.78, 5) is 55.0. The molecule has 35 heavy (non-hydrogen) atoms. The first-order chi connectivity index (χ1) is 16.8. The fourth-order valence-electron chi connectivity index (χ4n) is 6.19. The third kappa shape index (κ3) is 2.81. The number of hydrogen-bond donors (Lipinski definition) is 3.